The first-order valence-corrected chi connectivity index (χ1v) is 10.7. The van der Waals surface area contributed by atoms with Gasteiger partial charge in [-0.25, -0.2) is 0 Å². The van der Waals surface area contributed by atoms with E-state index in [9.17, 15) is 4.79 Å². The second-order valence-electron chi connectivity index (χ2n) is 7.94. The summed E-state index contributed by atoms with van der Waals surface area (Å²) in [7, 11) is 0. The first-order chi connectivity index (χ1) is 14.2. The van der Waals surface area contributed by atoms with E-state index < -0.39 is 6.10 Å². The summed E-state index contributed by atoms with van der Waals surface area (Å²) < 4.78 is 6.05. The van der Waals surface area contributed by atoms with Crippen LogP contribution in [0.25, 0.3) is 10.8 Å². The molecule has 3 aromatic carbocycles. The fraction of sp³-hybridized carbons (Fsp3) is 0.346. The van der Waals surface area contributed by atoms with E-state index in [0.717, 1.165) is 29.4 Å². The Morgan fingerprint density at radius 3 is 2.59 bits per heavy atom. The number of carbonyl (C=O) groups excluding carboxylic acids is 1. The summed E-state index contributed by atoms with van der Waals surface area (Å²) in [4.78, 5) is 12.9. The van der Waals surface area contributed by atoms with Gasteiger partial charge in [0.2, 0.25) is 0 Å². The van der Waals surface area contributed by atoms with Crippen LogP contribution in [0.3, 0.4) is 0 Å². The standard InChI is InChI=1S/C26H29NO2/c1-3-24(22-16-15-19-9-4-5-11-21(19)17-22)27-26(28)18(2)29-25-14-8-12-20-10-6-7-13-23(20)25/h6-8,10,12-18,24H,3-5,9,11H2,1-2H3,(H,27,28)/t18-,24-/m0/s1. The number of carbonyl (C=O) groups is 1. The number of amides is 1. The molecule has 0 saturated carbocycles. The van der Waals surface area contributed by atoms with E-state index in [1.807, 2.05) is 37.3 Å². The van der Waals surface area contributed by atoms with Crippen LogP contribution in [-0.4, -0.2) is 12.0 Å². The van der Waals surface area contributed by atoms with E-state index >= 15 is 0 Å². The Labute approximate surface area is 173 Å². The molecule has 1 amide bonds. The maximum Gasteiger partial charge on any atom is 0.261 e. The zero-order valence-electron chi connectivity index (χ0n) is 17.3. The van der Waals surface area contributed by atoms with Crippen molar-refractivity contribution in [3.05, 3.63) is 77.4 Å². The van der Waals surface area contributed by atoms with Crippen LogP contribution in [0.5, 0.6) is 5.75 Å². The van der Waals surface area contributed by atoms with Gasteiger partial charge in [-0.15, -0.1) is 0 Å². The molecule has 0 aromatic heterocycles. The summed E-state index contributed by atoms with van der Waals surface area (Å²) in [6.07, 6.45) is 5.15. The molecule has 0 unspecified atom stereocenters. The highest BCUT2D eigenvalue weighted by atomic mass is 16.5. The van der Waals surface area contributed by atoms with Gasteiger partial charge in [-0.2, -0.15) is 0 Å². The number of ether oxygens (including phenoxy) is 1. The number of nitrogens with one attached hydrogen (secondary N) is 1. The number of hydrogen-bond acceptors (Lipinski definition) is 2. The van der Waals surface area contributed by atoms with Gasteiger partial charge in [0, 0.05) is 5.39 Å². The largest absolute Gasteiger partial charge is 0.480 e. The Kier molecular flexibility index (Phi) is 5.84. The Hall–Kier alpha value is -2.81. The van der Waals surface area contributed by atoms with E-state index in [-0.39, 0.29) is 11.9 Å². The monoisotopic (exact) mass is 387 g/mol. The van der Waals surface area contributed by atoms with Crippen molar-refractivity contribution in [1.29, 1.82) is 0 Å². The van der Waals surface area contributed by atoms with Gasteiger partial charge in [0.25, 0.3) is 5.91 Å². The predicted molar refractivity (Wildman–Crippen MR) is 118 cm³/mol. The van der Waals surface area contributed by atoms with E-state index in [2.05, 4.69) is 42.6 Å². The van der Waals surface area contributed by atoms with Crippen LogP contribution in [-0.2, 0) is 17.6 Å². The van der Waals surface area contributed by atoms with Crippen LogP contribution in [0.1, 0.15) is 55.8 Å². The third-order valence-corrected chi connectivity index (χ3v) is 5.92. The third kappa shape index (κ3) is 4.29. The summed E-state index contributed by atoms with van der Waals surface area (Å²) in [6, 6.07) is 20.7. The molecule has 0 saturated heterocycles. The van der Waals surface area contributed by atoms with Crippen molar-refractivity contribution in [2.45, 2.75) is 58.1 Å². The zero-order valence-corrected chi connectivity index (χ0v) is 17.3. The van der Waals surface area contributed by atoms with E-state index in [1.54, 1.807) is 0 Å². The average Bonchev–Trinajstić information content (AvgIpc) is 2.77. The van der Waals surface area contributed by atoms with Crippen LogP contribution >= 0.6 is 0 Å². The van der Waals surface area contributed by atoms with Crippen LogP contribution in [0.15, 0.2) is 60.7 Å². The van der Waals surface area contributed by atoms with Crippen molar-refractivity contribution in [1.82, 2.24) is 5.32 Å². The minimum atomic E-state index is -0.563. The molecule has 0 fully saturated rings. The molecule has 1 aliphatic rings. The summed E-state index contributed by atoms with van der Waals surface area (Å²) in [5, 5.41) is 5.33. The van der Waals surface area contributed by atoms with Crippen molar-refractivity contribution in [2.75, 3.05) is 0 Å². The second kappa shape index (κ2) is 8.69. The van der Waals surface area contributed by atoms with Gasteiger partial charge < -0.3 is 10.1 Å². The smallest absolute Gasteiger partial charge is 0.261 e. The fourth-order valence-corrected chi connectivity index (χ4v) is 4.22. The molecule has 0 aliphatic heterocycles. The molecule has 0 bridgehead atoms. The summed E-state index contributed by atoms with van der Waals surface area (Å²) in [5.41, 5.74) is 4.11. The van der Waals surface area contributed by atoms with Crippen LogP contribution in [0, 0.1) is 0 Å². The molecule has 0 spiro atoms. The molecule has 3 heteroatoms. The van der Waals surface area contributed by atoms with Crippen molar-refractivity contribution in [3.63, 3.8) is 0 Å². The first-order valence-electron chi connectivity index (χ1n) is 10.7. The van der Waals surface area contributed by atoms with Gasteiger partial charge in [0.05, 0.1) is 6.04 Å². The zero-order chi connectivity index (χ0) is 20.2. The van der Waals surface area contributed by atoms with Gasteiger partial charge in [0.1, 0.15) is 5.75 Å². The maximum absolute atomic E-state index is 12.9. The molecule has 1 aliphatic carbocycles. The highest BCUT2D eigenvalue weighted by Crippen LogP contribution is 2.28. The minimum absolute atomic E-state index is 0.00768. The van der Waals surface area contributed by atoms with Crippen molar-refractivity contribution >= 4 is 16.7 Å². The number of aryl methyl sites for hydroxylation is 2. The van der Waals surface area contributed by atoms with Gasteiger partial charge in [-0.05, 0) is 67.2 Å². The highest BCUT2D eigenvalue weighted by molar-refractivity contribution is 5.89. The topological polar surface area (TPSA) is 38.3 Å². The van der Waals surface area contributed by atoms with Gasteiger partial charge in [-0.3, -0.25) is 4.79 Å². The lowest BCUT2D eigenvalue weighted by Gasteiger charge is -2.23. The summed E-state index contributed by atoms with van der Waals surface area (Å²) in [6.45, 7) is 3.93. The highest BCUT2D eigenvalue weighted by Gasteiger charge is 2.21. The van der Waals surface area contributed by atoms with Crippen molar-refractivity contribution in [2.24, 2.45) is 0 Å². The van der Waals surface area contributed by atoms with Crippen LogP contribution in [0.2, 0.25) is 0 Å². The lowest BCUT2D eigenvalue weighted by Crippen LogP contribution is -2.38. The number of rotatable bonds is 6. The molecule has 3 nitrogen and oxygen atoms in total. The number of benzene rings is 3. The Bertz CT molecular complexity index is 1010. The molecule has 150 valence electrons. The maximum atomic E-state index is 12.9. The SMILES string of the molecule is CC[C@H](NC(=O)[C@H](C)Oc1cccc2ccccc12)c1ccc2c(c1)CCCC2. The summed E-state index contributed by atoms with van der Waals surface area (Å²) in [5.74, 6) is 0.662. The number of fused-ring (bicyclic) bond motifs is 2. The minimum Gasteiger partial charge on any atom is -0.480 e. The molecule has 3 aromatic rings. The lowest BCUT2D eigenvalue weighted by atomic mass is 9.89. The van der Waals surface area contributed by atoms with Crippen molar-refractivity contribution in [3.8, 4) is 5.75 Å². The average molecular weight is 388 g/mol. The Morgan fingerprint density at radius 2 is 1.76 bits per heavy atom. The molecule has 2 atom stereocenters. The molecular weight excluding hydrogens is 358 g/mol. The number of hydrogen-bond donors (Lipinski definition) is 1. The van der Waals surface area contributed by atoms with Gasteiger partial charge in [0.15, 0.2) is 6.10 Å². The second-order valence-corrected chi connectivity index (χ2v) is 7.94. The van der Waals surface area contributed by atoms with Gasteiger partial charge in [-0.1, -0.05) is 61.5 Å². The van der Waals surface area contributed by atoms with Crippen LogP contribution < -0.4 is 10.1 Å². The molecular formula is C26H29NO2. The van der Waals surface area contributed by atoms with E-state index in [1.165, 1.54) is 36.0 Å². The van der Waals surface area contributed by atoms with E-state index in [0.29, 0.717) is 0 Å². The molecule has 1 N–H and O–H groups in total. The Morgan fingerprint density at radius 1 is 1.00 bits per heavy atom. The summed E-state index contributed by atoms with van der Waals surface area (Å²) >= 11 is 0. The first kappa shape index (κ1) is 19.5. The van der Waals surface area contributed by atoms with E-state index in [4.69, 9.17) is 4.74 Å². The fourth-order valence-electron chi connectivity index (χ4n) is 4.22. The molecule has 0 heterocycles. The quantitative estimate of drug-likeness (QED) is 0.584. The van der Waals surface area contributed by atoms with Crippen LogP contribution in [0.4, 0.5) is 0 Å². The predicted octanol–water partition coefficient (Wildman–Crippen LogP) is 5.75. The third-order valence-electron chi connectivity index (χ3n) is 5.92. The molecule has 4 rings (SSSR count). The normalized spacial score (nSPS) is 15.4. The Balaban J connectivity index is 1.47. The molecule has 29 heavy (non-hydrogen) atoms. The molecule has 0 radical (unpaired) electrons. The lowest BCUT2D eigenvalue weighted by molar-refractivity contribution is -0.128. The van der Waals surface area contributed by atoms with Crippen molar-refractivity contribution < 1.29 is 9.53 Å². The van der Waals surface area contributed by atoms with Gasteiger partial charge >= 0.3 is 0 Å².